The van der Waals surface area contributed by atoms with Crippen LogP contribution in [-0.4, -0.2) is 18.0 Å². The Morgan fingerprint density at radius 2 is 1.83 bits per heavy atom. The summed E-state index contributed by atoms with van der Waals surface area (Å²) in [6, 6.07) is 15.5. The highest BCUT2D eigenvalue weighted by molar-refractivity contribution is 8.09. The molecule has 0 radical (unpaired) electrons. The molecular weight excluding hydrogens is 314 g/mol. The summed E-state index contributed by atoms with van der Waals surface area (Å²) in [4.78, 5) is 0. The van der Waals surface area contributed by atoms with E-state index in [0.29, 0.717) is 5.92 Å². The van der Waals surface area contributed by atoms with Crippen molar-refractivity contribution in [2.24, 2.45) is 0 Å². The van der Waals surface area contributed by atoms with E-state index in [1.165, 1.54) is 33.7 Å². The smallest absolute Gasteiger partial charge is 0.0783 e. The molecule has 2 heterocycles. The summed E-state index contributed by atoms with van der Waals surface area (Å²) in [5.41, 5.74) is 4.46. The molecule has 1 aliphatic rings. The highest BCUT2D eigenvalue weighted by Gasteiger charge is 2.25. The summed E-state index contributed by atoms with van der Waals surface area (Å²) in [5.74, 6) is 0.542. The molecule has 0 aliphatic carbocycles. The van der Waals surface area contributed by atoms with Crippen molar-refractivity contribution in [1.82, 2.24) is 4.57 Å². The first-order chi connectivity index (χ1) is 11.0. The maximum Gasteiger partial charge on any atom is 0.0783 e. The molecule has 23 heavy (non-hydrogen) atoms. The van der Waals surface area contributed by atoms with Crippen LogP contribution in [0.4, 0.5) is 0 Å². The molecule has 0 N–H and O–H groups in total. The Labute approximate surface area is 145 Å². The van der Waals surface area contributed by atoms with Gasteiger partial charge in [-0.2, -0.15) is 0 Å². The lowest BCUT2D eigenvalue weighted by Gasteiger charge is -2.22. The second kappa shape index (κ2) is 6.74. The van der Waals surface area contributed by atoms with Gasteiger partial charge in [0.25, 0.3) is 0 Å². The molecule has 3 rings (SSSR count). The third-order valence-electron chi connectivity index (χ3n) is 4.45. The van der Waals surface area contributed by atoms with E-state index in [1.54, 1.807) is 0 Å². The Hall–Kier alpha value is -1.19. The second-order valence-electron chi connectivity index (χ2n) is 7.71. The van der Waals surface area contributed by atoms with E-state index in [9.17, 15) is 0 Å². The number of thioether (sulfide) groups is 1. The summed E-state index contributed by atoms with van der Waals surface area (Å²) in [6.07, 6.45) is 4.61. The molecule has 2 aromatic rings. The maximum absolute atomic E-state index is 2.46. The van der Waals surface area contributed by atoms with Gasteiger partial charge in [-0.05, 0) is 48.4 Å². The van der Waals surface area contributed by atoms with Crippen LogP contribution in [0.5, 0.6) is 0 Å². The van der Waals surface area contributed by atoms with Crippen molar-refractivity contribution in [1.29, 1.82) is 0 Å². The van der Waals surface area contributed by atoms with Gasteiger partial charge >= 0.3 is 0 Å². The van der Waals surface area contributed by atoms with Gasteiger partial charge in [0.05, 0.1) is 13.1 Å². The Bertz CT molecular complexity index is 694. The first-order valence-corrected chi connectivity index (χ1v) is 13.2. The van der Waals surface area contributed by atoms with E-state index in [2.05, 4.69) is 91.6 Å². The number of fused-ring (bicyclic) bond motifs is 1. The number of hydrogen-bond donors (Lipinski definition) is 0. The van der Waals surface area contributed by atoms with Crippen molar-refractivity contribution in [2.45, 2.75) is 45.3 Å². The highest BCUT2D eigenvalue weighted by atomic mass is 32.2. The fraction of sp³-hybridized carbons (Fsp3) is 0.400. The van der Waals surface area contributed by atoms with Gasteiger partial charge in [-0.15, -0.1) is 11.8 Å². The number of aromatic nitrogens is 1. The Morgan fingerprint density at radius 1 is 1.09 bits per heavy atom. The van der Waals surface area contributed by atoms with E-state index in [0.717, 1.165) is 6.42 Å². The fourth-order valence-electron chi connectivity index (χ4n) is 3.24. The molecule has 1 atom stereocenters. The standard InChI is InChI=1S/C20H27NSSi/c1-16-19(17-9-6-5-7-10-17)13-12-18-11-8-14-21(18)20(16)22-15-23(2,3)4/h5-11,14,19H,12-13,15H2,1-4H3. The Kier molecular flexibility index (Phi) is 4.88. The second-order valence-corrected chi connectivity index (χ2v) is 14.7. The molecular formula is C20H27NSSi. The van der Waals surface area contributed by atoms with E-state index in [-0.39, 0.29) is 0 Å². The molecule has 1 aromatic heterocycles. The van der Waals surface area contributed by atoms with Crippen molar-refractivity contribution in [3.63, 3.8) is 0 Å². The van der Waals surface area contributed by atoms with Crippen LogP contribution in [-0.2, 0) is 6.42 Å². The van der Waals surface area contributed by atoms with E-state index in [1.807, 2.05) is 0 Å². The van der Waals surface area contributed by atoms with Gasteiger partial charge in [0.2, 0.25) is 0 Å². The van der Waals surface area contributed by atoms with Crippen LogP contribution in [0.25, 0.3) is 5.03 Å². The number of nitrogens with zero attached hydrogens (tertiary/aromatic N) is 1. The zero-order chi connectivity index (χ0) is 16.4. The third-order valence-corrected chi connectivity index (χ3v) is 9.28. The molecule has 1 nitrogen and oxygen atoms in total. The van der Waals surface area contributed by atoms with E-state index >= 15 is 0 Å². The summed E-state index contributed by atoms with van der Waals surface area (Å²) in [5, 5.41) is 2.75. The molecule has 0 spiro atoms. The van der Waals surface area contributed by atoms with Crippen molar-refractivity contribution in [2.75, 3.05) is 5.38 Å². The Balaban J connectivity index is 2.00. The van der Waals surface area contributed by atoms with Crippen molar-refractivity contribution >= 4 is 24.9 Å². The van der Waals surface area contributed by atoms with Crippen LogP contribution in [0.2, 0.25) is 19.6 Å². The molecule has 1 aromatic carbocycles. The van der Waals surface area contributed by atoms with Gasteiger partial charge in [-0.1, -0.05) is 50.0 Å². The van der Waals surface area contributed by atoms with Crippen molar-refractivity contribution in [3.05, 3.63) is 65.5 Å². The molecule has 0 amide bonds. The highest BCUT2D eigenvalue weighted by Crippen LogP contribution is 2.40. The molecule has 1 aliphatic heterocycles. The minimum Gasteiger partial charge on any atom is -0.315 e. The van der Waals surface area contributed by atoms with Gasteiger partial charge in [0.15, 0.2) is 0 Å². The van der Waals surface area contributed by atoms with Crippen LogP contribution in [0, 0.1) is 0 Å². The quantitative estimate of drug-likeness (QED) is 0.616. The van der Waals surface area contributed by atoms with Crippen LogP contribution in [0.3, 0.4) is 0 Å². The summed E-state index contributed by atoms with van der Waals surface area (Å²) < 4.78 is 2.45. The van der Waals surface area contributed by atoms with E-state index < -0.39 is 8.07 Å². The van der Waals surface area contributed by atoms with Crippen molar-refractivity contribution < 1.29 is 0 Å². The monoisotopic (exact) mass is 341 g/mol. The molecule has 3 heteroatoms. The predicted molar refractivity (Wildman–Crippen MR) is 107 cm³/mol. The number of benzene rings is 1. The molecule has 0 bridgehead atoms. The lowest BCUT2D eigenvalue weighted by molar-refractivity contribution is 0.707. The third kappa shape index (κ3) is 3.83. The summed E-state index contributed by atoms with van der Waals surface area (Å²) in [7, 11) is -1.07. The normalized spacial score (nSPS) is 18.7. The van der Waals surface area contributed by atoms with Gasteiger partial charge in [0, 0.05) is 17.8 Å². The average molecular weight is 342 g/mol. The molecule has 0 saturated heterocycles. The lowest BCUT2D eigenvalue weighted by atomic mass is 9.88. The minimum atomic E-state index is -1.07. The molecule has 122 valence electrons. The molecule has 0 saturated carbocycles. The van der Waals surface area contributed by atoms with Crippen LogP contribution < -0.4 is 0 Å². The zero-order valence-corrected chi connectivity index (χ0v) is 16.5. The van der Waals surface area contributed by atoms with Crippen molar-refractivity contribution in [3.8, 4) is 0 Å². The largest absolute Gasteiger partial charge is 0.315 e. The number of rotatable bonds is 4. The Morgan fingerprint density at radius 3 is 2.52 bits per heavy atom. The first-order valence-electron chi connectivity index (χ1n) is 8.51. The van der Waals surface area contributed by atoms with E-state index in [4.69, 9.17) is 0 Å². The van der Waals surface area contributed by atoms with Crippen LogP contribution in [0.1, 0.15) is 30.5 Å². The predicted octanol–water partition coefficient (Wildman–Crippen LogP) is 6.02. The maximum atomic E-state index is 2.46. The molecule has 0 fully saturated rings. The average Bonchev–Trinajstić information content (AvgIpc) is 2.91. The zero-order valence-electron chi connectivity index (χ0n) is 14.7. The summed E-state index contributed by atoms with van der Waals surface area (Å²) in [6.45, 7) is 9.72. The first kappa shape index (κ1) is 16.7. The fourth-order valence-corrected chi connectivity index (χ4v) is 6.20. The lowest BCUT2D eigenvalue weighted by Crippen LogP contribution is -2.24. The number of allylic oxidation sites excluding steroid dienone is 1. The molecule has 1 unspecified atom stereocenters. The van der Waals surface area contributed by atoms with Gasteiger partial charge in [-0.3, -0.25) is 0 Å². The minimum absolute atomic E-state index is 0.542. The van der Waals surface area contributed by atoms with Gasteiger partial charge in [0.1, 0.15) is 0 Å². The SMILES string of the molecule is CC1=C(SC[Si](C)(C)C)n2cccc2CCC1c1ccccc1. The summed E-state index contributed by atoms with van der Waals surface area (Å²) >= 11 is 2.08. The topological polar surface area (TPSA) is 4.93 Å². The number of aryl methyl sites for hydroxylation is 1. The van der Waals surface area contributed by atoms with Gasteiger partial charge in [-0.25, -0.2) is 0 Å². The van der Waals surface area contributed by atoms with Gasteiger partial charge < -0.3 is 4.57 Å². The van der Waals surface area contributed by atoms with Crippen LogP contribution >= 0.6 is 11.8 Å². The number of hydrogen-bond acceptors (Lipinski definition) is 1. The van der Waals surface area contributed by atoms with Crippen LogP contribution in [0.15, 0.2) is 54.2 Å².